The summed E-state index contributed by atoms with van der Waals surface area (Å²) in [5, 5.41) is 10.5. The van der Waals surface area contributed by atoms with Gasteiger partial charge in [-0.15, -0.1) is 11.3 Å². The molecule has 0 bridgehead atoms. The zero-order valence-corrected chi connectivity index (χ0v) is 16.4. The molecule has 136 valence electrons. The summed E-state index contributed by atoms with van der Waals surface area (Å²) in [6.45, 7) is 2.02. The summed E-state index contributed by atoms with van der Waals surface area (Å²) in [6.07, 6.45) is 0. The molecule has 27 heavy (non-hydrogen) atoms. The van der Waals surface area contributed by atoms with Gasteiger partial charge in [-0.05, 0) is 30.2 Å². The lowest BCUT2D eigenvalue weighted by Crippen LogP contribution is -2.21. The smallest absolute Gasteiger partial charge is 0.267 e. The molecule has 2 aromatic heterocycles. The van der Waals surface area contributed by atoms with Crippen LogP contribution in [0.2, 0.25) is 0 Å². The largest absolute Gasteiger partial charge is 0.396 e. The van der Waals surface area contributed by atoms with E-state index >= 15 is 0 Å². The molecule has 2 aromatic carbocycles. The summed E-state index contributed by atoms with van der Waals surface area (Å²) >= 11 is 2.93. The summed E-state index contributed by atoms with van der Waals surface area (Å²) in [7, 11) is 0. The van der Waals surface area contributed by atoms with Gasteiger partial charge in [-0.1, -0.05) is 60.3 Å². The van der Waals surface area contributed by atoms with Gasteiger partial charge in [-0.2, -0.15) is 0 Å². The Kier molecular flexibility index (Phi) is 5.11. The SMILES string of the molecule is Cc1c(-c2ccccc2)sc2nc(SCCO)n(-c3ccccc3)c(=O)c12. The van der Waals surface area contributed by atoms with E-state index in [9.17, 15) is 9.90 Å². The lowest BCUT2D eigenvalue weighted by molar-refractivity contribution is 0.322. The third-order valence-electron chi connectivity index (χ3n) is 4.31. The number of aryl methyl sites for hydroxylation is 1. The predicted octanol–water partition coefficient (Wildman–Crippen LogP) is 4.51. The van der Waals surface area contributed by atoms with E-state index in [2.05, 4.69) is 12.1 Å². The van der Waals surface area contributed by atoms with Crippen molar-refractivity contribution in [1.82, 2.24) is 9.55 Å². The molecule has 0 saturated carbocycles. The maximum atomic E-state index is 13.4. The number of thioether (sulfide) groups is 1. The van der Waals surface area contributed by atoms with Gasteiger partial charge in [0.05, 0.1) is 17.7 Å². The molecule has 6 heteroatoms. The van der Waals surface area contributed by atoms with Crippen molar-refractivity contribution < 1.29 is 5.11 Å². The molecule has 4 nitrogen and oxygen atoms in total. The van der Waals surface area contributed by atoms with Crippen molar-refractivity contribution in [3.8, 4) is 16.1 Å². The third-order valence-corrected chi connectivity index (χ3v) is 6.46. The standard InChI is InChI=1S/C21H18N2O2S2/c1-14-17-19(27-18(14)15-8-4-2-5-9-15)22-21(26-13-12-24)23(20(17)25)16-10-6-3-7-11-16/h2-11,24H,12-13H2,1H3. The number of aliphatic hydroxyl groups is 1. The highest BCUT2D eigenvalue weighted by atomic mass is 32.2. The average molecular weight is 395 g/mol. The molecule has 0 aliphatic carbocycles. The Labute approximate surface area is 165 Å². The molecule has 1 N–H and O–H groups in total. The Morgan fingerprint density at radius 1 is 1.07 bits per heavy atom. The monoisotopic (exact) mass is 394 g/mol. The number of benzene rings is 2. The number of rotatable bonds is 5. The van der Waals surface area contributed by atoms with E-state index in [1.54, 1.807) is 15.9 Å². The van der Waals surface area contributed by atoms with E-state index in [1.807, 2.05) is 55.5 Å². The molecular formula is C21H18N2O2S2. The molecule has 0 spiro atoms. The minimum absolute atomic E-state index is 0.0338. The molecule has 0 amide bonds. The van der Waals surface area contributed by atoms with E-state index in [0.717, 1.165) is 26.5 Å². The van der Waals surface area contributed by atoms with Crippen LogP contribution in [0.1, 0.15) is 5.56 Å². The highest BCUT2D eigenvalue weighted by molar-refractivity contribution is 7.99. The van der Waals surface area contributed by atoms with Gasteiger partial charge in [0.15, 0.2) is 5.16 Å². The predicted molar refractivity (Wildman–Crippen MR) is 113 cm³/mol. The minimum Gasteiger partial charge on any atom is -0.396 e. The van der Waals surface area contributed by atoms with E-state index < -0.39 is 0 Å². The molecule has 0 atom stereocenters. The maximum absolute atomic E-state index is 13.4. The van der Waals surface area contributed by atoms with Crippen molar-refractivity contribution in [1.29, 1.82) is 0 Å². The number of fused-ring (bicyclic) bond motifs is 1. The van der Waals surface area contributed by atoms with Crippen molar-refractivity contribution in [3.05, 3.63) is 76.6 Å². The third kappa shape index (κ3) is 3.32. The summed E-state index contributed by atoms with van der Waals surface area (Å²) in [4.78, 5) is 20.0. The second kappa shape index (κ2) is 7.68. The molecule has 0 radical (unpaired) electrons. The van der Waals surface area contributed by atoms with Gasteiger partial charge >= 0.3 is 0 Å². The number of thiophene rings is 1. The van der Waals surface area contributed by atoms with Crippen molar-refractivity contribution in [2.75, 3.05) is 12.4 Å². The highest BCUT2D eigenvalue weighted by Gasteiger charge is 2.19. The first-order chi connectivity index (χ1) is 13.2. The second-order valence-electron chi connectivity index (χ2n) is 6.04. The molecule has 0 fully saturated rings. The fourth-order valence-electron chi connectivity index (χ4n) is 3.07. The van der Waals surface area contributed by atoms with Crippen molar-refractivity contribution >= 4 is 33.3 Å². The zero-order chi connectivity index (χ0) is 18.8. The molecule has 0 aliphatic rings. The summed E-state index contributed by atoms with van der Waals surface area (Å²) < 4.78 is 1.65. The number of aliphatic hydroxyl groups excluding tert-OH is 1. The lowest BCUT2D eigenvalue weighted by atomic mass is 10.1. The number of para-hydroxylation sites is 1. The van der Waals surface area contributed by atoms with Crippen LogP contribution in [0.15, 0.2) is 70.6 Å². The van der Waals surface area contributed by atoms with Crippen LogP contribution >= 0.6 is 23.1 Å². The quantitative estimate of drug-likeness (QED) is 0.400. The lowest BCUT2D eigenvalue weighted by Gasteiger charge is -2.11. The van der Waals surface area contributed by atoms with Gasteiger partial charge in [-0.3, -0.25) is 9.36 Å². The van der Waals surface area contributed by atoms with Crippen molar-refractivity contribution in [3.63, 3.8) is 0 Å². The normalized spacial score (nSPS) is 11.2. The van der Waals surface area contributed by atoms with Crippen LogP contribution in [0.5, 0.6) is 0 Å². The fraction of sp³-hybridized carbons (Fsp3) is 0.143. The van der Waals surface area contributed by atoms with Gasteiger partial charge in [-0.25, -0.2) is 4.98 Å². The van der Waals surface area contributed by atoms with Gasteiger partial charge < -0.3 is 5.11 Å². The minimum atomic E-state index is -0.0671. The van der Waals surface area contributed by atoms with E-state index in [0.29, 0.717) is 16.3 Å². The first kappa shape index (κ1) is 18.0. The first-order valence-electron chi connectivity index (χ1n) is 8.61. The Balaban J connectivity index is 2.00. The number of hydrogen-bond acceptors (Lipinski definition) is 5. The van der Waals surface area contributed by atoms with E-state index in [4.69, 9.17) is 4.98 Å². The molecule has 4 aromatic rings. The van der Waals surface area contributed by atoms with Crippen LogP contribution in [0.3, 0.4) is 0 Å². The second-order valence-corrected chi connectivity index (χ2v) is 8.11. The molecule has 2 heterocycles. The van der Waals surface area contributed by atoms with Crippen molar-refractivity contribution in [2.24, 2.45) is 0 Å². The number of nitrogens with zero attached hydrogens (tertiary/aromatic N) is 2. The fourth-order valence-corrected chi connectivity index (χ4v) is 5.05. The Hall–Kier alpha value is -2.41. The first-order valence-corrected chi connectivity index (χ1v) is 10.4. The van der Waals surface area contributed by atoms with Crippen LogP contribution in [0, 0.1) is 6.92 Å². The Bertz CT molecular complexity index is 1140. The van der Waals surface area contributed by atoms with Crippen LogP contribution in [-0.4, -0.2) is 27.0 Å². The van der Waals surface area contributed by atoms with Crippen LogP contribution < -0.4 is 5.56 Å². The summed E-state index contributed by atoms with van der Waals surface area (Å²) in [5.41, 5.74) is 2.77. The van der Waals surface area contributed by atoms with Gasteiger partial charge in [0.25, 0.3) is 5.56 Å². The van der Waals surface area contributed by atoms with Crippen LogP contribution in [0.4, 0.5) is 0 Å². The maximum Gasteiger partial charge on any atom is 0.267 e. The van der Waals surface area contributed by atoms with Crippen LogP contribution in [0.25, 0.3) is 26.3 Å². The molecule has 0 aliphatic heterocycles. The zero-order valence-electron chi connectivity index (χ0n) is 14.8. The van der Waals surface area contributed by atoms with E-state index in [1.165, 1.54) is 11.8 Å². The van der Waals surface area contributed by atoms with E-state index in [-0.39, 0.29) is 12.2 Å². The Morgan fingerprint density at radius 2 is 1.74 bits per heavy atom. The highest BCUT2D eigenvalue weighted by Crippen LogP contribution is 2.36. The average Bonchev–Trinajstić information content (AvgIpc) is 3.04. The molecule has 0 saturated heterocycles. The van der Waals surface area contributed by atoms with Crippen LogP contribution in [-0.2, 0) is 0 Å². The number of hydrogen-bond donors (Lipinski definition) is 1. The molecular weight excluding hydrogens is 376 g/mol. The summed E-state index contributed by atoms with van der Waals surface area (Å²) in [5.74, 6) is 0.487. The van der Waals surface area contributed by atoms with Gasteiger partial charge in [0, 0.05) is 10.6 Å². The van der Waals surface area contributed by atoms with Crippen molar-refractivity contribution in [2.45, 2.75) is 12.1 Å². The summed E-state index contributed by atoms with van der Waals surface area (Å²) in [6, 6.07) is 19.6. The van der Waals surface area contributed by atoms with Gasteiger partial charge in [0.2, 0.25) is 0 Å². The molecule has 4 rings (SSSR count). The Morgan fingerprint density at radius 3 is 2.41 bits per heavy atom. The topological polar surface area (TPSA) is 55.1 Å². The van der Waals surface area contributed by atoms with Gasteiger partial charge in [0.1, 0.15) is 4.83 Å². The molecule has 0 unspecified atom stereocenters. The number of aromatic nitrogens is 2.